The average molecular weight is 231 g/mol. The van der Waals surface area contributed by atoms with Gasteiger partial charge in [0.15, 0.2) is 0 Å². The molecule has 0 spiro atoms. The van der Waals surface area contributed by atoms with Crippen LogP contribution in [0.5, 0.6) is 0 Å². The zero-order chi connectivity index (χ0) is 11.1. The third kappa shape index (κ3) is 4.22. The van der Waals surface area contributed by atoms with Crippen molar-refractivity contribution in [3.63, 3.8) is 0 Å². The minimum atomic E-state index is 0.160. The number of piperidine rings is 1. The second-order valence-electron chi connectivity index (χ2n) is 3.84. The van der Waals surface area contributed by atoms with Gasteiger partial charge in [-0.2, -0.15) is 0 Å². The molecule has 1 rings (SSSR count). The Morgan fingerprint density at radius 1 is 1.60 bits per heavy atom. The highest BCUT2D eigenvalue weighted by Crippen LogP contribution is 2.16. The molecular weight excluding hydrogens is 212 g/mol. The fourth-order valence-electron chi connectivity index (χ4n) is 1.93. The Hall–Kier alpha value is -0.540. The third-order valence-electron chi connectivity index (χ3n) is 2.74. The number of amides is 1. The molecule has 1 atom stereocenters. The minimum absolute atomic E-state index is 0.160. The molecule has 0 aromatic rings. The van der Waals surface area contributed by atoms with Gasteiger partial charge in [0.25, 0.3) is 0 Å². The standard InChI is InChI=1S/C11H19ClN2O/c1-13-11(15)10-5-4-8-14(9-10)7-3-2-6-12/h2-3,10H,4-9H2,1H3,(H,13,15)/b3-2+. The highest BCUT2D eigenvalue weighted by Gasteiger charge is 2.23. The topological polar surface area (TPSA) is 32.3 Å². The zero-order valence-corrected chi connectivity index (χ0v) is 9.96. The fraction of sp³-hybridized carbons (Fsp3) is 0.727. The maximum Gasteiger partial charge on any atom is 0.224 e. The number of halogens is 1. The van der Waals surface area contributed by atoms with Gasteiger partial charge in [-0.3, -0.25) is 9.69 Å². The maximum absolute atomic E-state index is 11.5. The number of allylic oxidation sites excluding steroid dienone is 1. The van der Waals surface area contributed by atoms with Gasteiger partial charge in [-0.25, -0.2) is 0 Å². The lowest BCUT2D eigenvalue weighted by molar-refractivity contribution is -0.126. The van der Waals surface area contributed by atoms with Gasteiger partial charge in [-0.1, -0.05) is 12.2 Å². The van der Waals surface area contributed by atoms with E-state index in [0.717, 1.165) is 32.5 Å². The summed E-state index contributed by atoms with van der Waals surface area (Å²) < 4.78 is 0. The van der Waals surface area contributed by atoms with Crippen LogP contribution in [0.3, 0.4) is 0 Å². The van der Waals surface area contributed by atoms with Gasteiger partial charge in [-0.15, -0.1) is 11.6 Å². The molecule has 1 heterocycles. The molecule has 0 radical (unpaired) electrons. The number of likely N-dealkylation sites (tertiary alicyclic amines) is 1. The summed E-state index contributed by atoms with van der Waals surface area (Å²) in [6.45, 7) is 2.85. The number of rotatable bonds is 4. The number of hydrogen-bond acceptors (Lipinski definition) is 2. The van der Waals surface area contributed by atoms with Gasteiger partial charge >= 0.3 is 0 Å². The van der Waals surface area contributed by atoms with E-state index in [1.165, 1.54) is 0 Å². The van der Waals surface area contributed by atoms with Crippen molar-refractivity contribution in [3.8, 4) is 0 Å². The van der Waals surface area contributed by atoms with Gasteiger partial charge < -0.3 is 5.32 Å². The lowest BCUT2D eigenvalue weighted by Gasteiger charge is -2.30. The van der Waals surface area contributed by atoms with Crippen LogP contribution in [0, 0.1) is 5.92 Å². The molecule has 0 bridgehead atoms. The molecule has 0 aliphatic carbocycles. The van der Waals surface area contributed by atoms with E-state index in [2.05, 4.69) is 16.3 Å². The number of nitrogens with zero attached hydrogens (tertiary/aromatic N) is 1. The molecule has 1 saturated heterocycles. The van der Waals surface area contributed by atoms with E-state index in [-0.39, 0.29) is 11.8 Å². The van der Waals surface area contributed by atoms with Gasteiger partial charge in [0.1, 0.15) is 0 Å². The molecule has 1 aliphatic rings. The van der Waals surface area contributed by atoms with Crippen LogP contribution < -0.4 is 5.32 Å². The number of alkyl halides is 1. The van der Waals surface area contributed by atoms with Crippen LogP contribution in [-0.2, 0) is 4.79 Å². The van der Waals surface area contributed by atoms with Gasteiger partial charge in [-0.05, 0) is 19.4 Å². The first-order valence-electron chi connectivity index (χ1n) is 5.43. The summed E-state index contributed by atoms with van der Waals surface area (Å²) in [6, 6.07) is 0. The summed E-state index contributed by atoms with van der Waals surface area (Å²) in [6.07, 6.45) is 6.13. The summed E-state index contributed by atoms with van der Waals surface area (Å²) in [5.74, 6) is 0.890. The van der Waals surface area contributed by atoms with Crippen molar-refractivity contribution in [1.29, 1.82) is 0 Å². The molecule has 1 aliphatic heterocycles. The first-order valence-corrected chi connectivity index (χ1v) is 5.96. The number of carbonyl (C=O) groups excluding carboxylic acids is 1. The van der Waals surface area contributed by atoms with Crippen LogP contribution in [0.1, 0.15) is 12.8 Å². The summed E-state index contributed by atoms with van der Waals surface area (Å²) >= 11 is 5.55. The van der Waals surface area contributed by atoms with Crippen LogP contribution in [0.15, 0.2) is 12.2 Å². The predicted molar refractivity (Wildman–Crippen MR) is 63.1 cm³/mol. The smallest absolute Gasteiger partial charge is 0.224 e. The van der Waals surface area contributed by atoms with Crippen LogP contribution in [0.2, 0.25) is 0 Å². The van der Waals surface area contributed by atoms with E-state index in [0.29, 0.717) is 5.88 Å². The van der Waals surface area contributed by atoms with Crippen molar-refractivity contribution < 1.29 is 4.79 Å². The Kier molecular flexibility index (Phi) is 5.73. The quantitative estimate of drug-likeness (QED) is 0.582. The third-order valence-corrected chi connectivity index (χ3v) is 2.92. The van der Waals surface area contributed by atoms with Gasteiger partial charge in [0.2, 0.25) is 5.91 Å². The lowest BCUT2D eigenvalue weighted by atomic mass is 9.97. The highest BCUT2D eigenvalue weighted by molar-refractivity contribution is 6.18. The lowest BCUT2D eigenvalue weighted by Crippen LogP contribution is -2.42. The highest BCUT2D eigenvalue weighted by atomic mass is 35.5. The monoisotopic (exact) mass is 230 g/mol. The Morgan fingerprint density at radius 2 is 2.40 bits per heavy atom. The molecule has 3 nitrogen and oxygen atoms in total. The Balaban J connectivity index is 2.35. The van der Waals surface area contributed by atoms with E-state index < -0.39 is 0 Å². The average Bonchev–Trinajstić information content (AvgIpc) is 2.29. The molecule has 0 aromatic heterocycles. The summed E-state index contributed by atoms with van der Waals surface area (Å²) in [7, 11) is 1.70. The van der Waals surface area contributed by atoms with Crippen molar-refractivity contribution in [1.82, 2.24) is 10.2 Å². The van der Waals surface area contributed by atoms with Gasteiger partial charge in [0.05, 0.1) is 5.92 Å². The Labute approximate surface area is 96.5 Å². The van der Waals surface area contributed by atoms with E-state index >= 15 is 0 Å². The number of hydrogen-bond donors (Lipinski definition) is 1. The molecule has 1 amide bonds. The first-order chi connectivity index (χ1) is 7.27. The van der Waals surface area contributed by atoms with Crippen molar-refractivity contribution in [2.75, 3.05) is 32.6 Å². The van der Waals surface area contributed by atoms with E-state index in [4.69, 9.17) is 11.6 Å². The summed E-state index contributed by atoms with van der Waals surface area (Å²) in [5.41, 5.74) is 0. The molecule has 0 aromatic carbocycles. The Morgan fingerprint density at radius 3 is 3.07 bits per heavy atom. The van der Waals surface area contributed by atoms with Crippen LogP contribution in [-0.4, -0.2) is 43.4 Å². The fourth-order valence-corrected chi connectivity index (χ4v) is 2.05. The normalized spacial score (nSPS) is 23.2. The van der Waals surface area contributed by atoms with Crippen LogP contribution in [0.4, 0.5) is 0 Å². The molecule has 4 heteroatoms. The second kappa shape index (κ2) is 6.85. The van der Waals surface area contributed by atoms with Crippen molar-refractivity contribution in [2.24, 2.45) is 5.92 Å². The number of carbonyl (C=O) groups is 1. The maximum atomic E-state index is 11.5. The first kappa shape index (κ1) is 12.5. The molecule has 1 unspecified atom stereocenters. The minimum Gasteiger partial charge on any atom is -0.359 e. The summed E-state index contributed by atoms with van der Waals surface area (Å²) in [5, 5.41) is 2.72. The van der Waals surface area contributed by atoms with Crippen molar-refractivity contribution in [2.45, 2.75) is 12.8 Å². The van der Waals surface area contributed by atoms with Crippen LogP contribution in [0.25, 0.3) is 0 Å². The molecule has 1 N–H and O–H groups in total. The second-order valence-corrected chi connectivity index (χ2v) is 4.15. The predicted octanol–water partition coefficient (Wildman–Crippen LogP) is 1.24. The van der Waals surface area contributed by atoms with Crippen molar-refractivity contribution >= 4 is 17.5 Å². The Bertz CT molecular complexity index is 231. The van der Waals surface area contributed by atoms with E-state index in [1.54, 1.807) is 7.05 Å². The molecule has 1 fully saturated rings. The number of nitrogens with one attached hydrogen (secondary N) is 1. The van der Waals surface area contributed by atoms with Gasteiger partial charge in [0, 0.05) is 26.0 Å². The SMILES string of the molecule is CNC(=O)C1CCCN(C/C=C/CCl)C1. The summed E-state index contributed by atoms with van der Waals surface area (Å²) in [4.78, 5) is 13.8. The zero-order valence-electron chi connectivity index (χ0n) is 9.21. The largest absolute Gasteiger partial charge is 0.359 e. The van der Waals surface area contributed by atoms with E-state index in [1.807, 2.05) is 6.08 Å². The molecule has 0 saturated carbocycles. The van der Waals surface area contributed by atoms with E-state index in [9.17, 15) is 4.79 Å². The molecule has 15 heavy (non-hydrogen) atoms. The van der Waals surface area contributed by atoms with Crippen molar-refractivity contribution in [3.05, 3.63) is 12.2 Å². The molecular formula is C11H19ClN2O. The molecule has 86 valence electrons. The van der Waals surface area contributed by atoms with Crippen LogP contribution >= 0.6 is 11.6 Å².